The van der Waals surface area contributed by atoms with E-state index in [1.54, 1.807) is 0 Å². The van der Waals surface area contributed by atoms with Crippen molar-refractivity contribution in [2.45, 2.75) is 11.5 Å². The van der Waals surface area contributed by atoms with Crippen molar-refractivity contribution in [3.05, 3.63) is 5.38 Å². The lowest BCUT2D eigenvalue weighted by Gasteiger charge is -1.81. The van der Waals surface area contributed by atoms with E-state index in [4.69, 9.17) is 23.2 Å². The second kappa shape index (κ2) is 1.01. The van der Waals surface area contributed by atoms with Crippen LogP contribution in [0.1, 0.15) is 6.42 Å². The average Bonchev–Trinajstić information content (AvgIpc) is 1.73. The zero-order chi connectivity index (χ0) is 4.78. The van der Waals surface area contributed by atoms with Gasteiger partial charge >= 0.3 is 0 Å². The molecule has 1 fully saturated rings. The van der Waals surface area contributed by atoms with Crippen molar-refractivity contribution in [2.24, 2.45) is 0 Å². The Bertz CT molecular complexity index is 71.2. The molecule has 0 spiro atoms. The van der Waals surface area contributed by atoms with Gasteiger partial charge < -0.3 is 0 Å². The molecule has 0 aromatic heterocycles. The van der Waals surface area contributed by atoms with Crippen LogP contribution in [0.4, 0.5) is 4.39 Å². The normalized spacial score (nSPS) is 46.5. The van der Waals surface area contributed by atoms with Crippen LogP contribution in [-0.2, 0) is 0 Å². The van der Waals surface area contributed by atoms with E-state index in [0.29, 0.717) is 0 Å². The van der Waals surface area contributed by atoms with Crippen LogP contribution in [0.5, 0.6) is 0 Å². The fourth-order valence-corrected chi connectivity index (χ4v) is 0.537. The molecule has 6 heavy (non-hydrogen) atoms. The molecule has 0 nitrogen and oxygen atoms in total. The van der Waals surface area contributed by atoms with Crippen LogP contribution < -0.4 is 0 Å². The molecule has 1 saturated carbocycles. The van der Waals surface area contributed by atoms with Gasteiger partial charge in [0.1, 0.15) is 5.38 Å². The first-order chi connectivity index (χ1) is 2.63. The van der Waals surface area contributed by atoms with E-state index in [0.717, 1.165) is 0 Å². The first kappa shape index (κ1) is 4.66. The maximum atomic E-state index is 11.8. The van der Waals surface area contributed by atoms with Crippen molar-refractivity contribution in [2.75, 3.05) is 0 Å². The van der Waals surface area contributed by atoms with Crippen LogP contribution >= 0.6 is 23.2 Å². The highest BCUT2D eigenvalue weighted by Gasteiger charge is 2.54. The summed E-state index contributed by atoms with van der Waals surface area (Å²) in [5.74, 6) is 0. The van der Waals surface area contributed by atoms with Gasteiger partial charge in [-0.2, -0.15) is 0 Å². The van der Waals surface area contributed by atoms with Crippen LogP contribution in [0.2, 0.25) is 0 Å². The van der Waals surface area contributed by atoms with Gasteiger partial charge in [-0.25, -0.2) is 4.39 Å². The van der Waals surface area contributed by atoms with E-state index >= 15 is 0 Å². The maximum Gasteiger partial charge on any atom is 0.206 e. The van der Waals surface area contributed by atoms with Crippen LogP contribution in [0.3, 0.4) is 0 Å². The minimum absolute atomic E-state index is 0.218. The zero-order valence-electron chi connectivity index (χ0n) is 2.84. The standard InChI is InChI=1S/C3H2Cl2F/c4-2-1-3(2,5)6/h1H2. The highest BCUT2D eigenvalue weighted by atomic mass is 35.5. The Morgan fingerprint density at radius 2 is 2.00 bits per heavy atom. The minimum Gasteiger partial charge on any atom is -0.224 e. The van der Waals surface area contributed by atoms with Crippen molar-refractivity contribution < 1.29 is 4.39 Å². The molecule has 1 aliphatic carbocycles. The number of hydrogen-bond acceptors (Lipinski definition) is 0. The molecule has 1 radical (unpaired) electrons. The lowest BCUT2D eigenvalue weighted by Crippen LogP contribution is -1.81. The van der Waals surface area contributed by atoms with E-state index in [9.17, 15) is 4.39 Å². The van der Waals surface area contributed by atoms with Gasteiger partial charge in [0, 0.05) is 6.42 Å². The van der Waals surface area contributed by atoms with Crippen LogP contribution in [-0.4, -0.2) is 5.13 Å². The fourth-order valence-electron chi connectivity index (χ4n) is 0.151. The predicted molar refractivity (Wildman–Crippen MR) is 23.4 cm³/mol. The molecule has 1 unspecified atom stereocenters. The molecule has 0 saturated heterocycles. The van der Waals surface area contributed by atoms with E-state index in [1.165, 1.54) is 0 Å². The molecular weight excluding hydrogens is 126 g/mol. The van der Waals surface area contributed by atoms with Crippen molar-refractivity contribution in [1.29, 1.82) is 0 Å². The van der Waals surface area contributed by atoms with Gasteiger partial charge in [-0.3, -0.25) is 0 Å². The summed E-state index contributed by atoms with van der Waals surface area (Å²) < 4.78 is 11.8. The quantitative estimate of drug-likeness (QED) is 0.438. The number of halogens is 3. The largest absolute Gasteiger partial charge is 0.224 e. The molecule has 0 aromatic rings. The molecule has 1 aliphatic rings. The second-order valence-corrected chi connectivity index (χ2v) is 2.34. The molecule has 0 N–H and O–H groups in total. The van der Waals surface area contributed by atoms with Crippen molar-refractivity contribution in [1.82, 2.24) is 0 Å². The summed E-state index contributed by atoms with van der Waals surface area (Å²) in [7, 11) is 0. The Kier molecular flexibility index (Phi) is 0.789. The van der Waals surface area contributed by atoms with E-state index in [1.807, 2.05) is 0 Å². The molecule has 0 aliphatic heterocycles. The first-order valence-corrected chi connectivity index (χ1v) is 2.28. The summed E-state index contributed by atoms with van der Waals surface area (Å²) in [4.78, 5) is 0. The Morgan fingerprint density at radius 1 is 1.83 bits per heavy atom. The molecule has 1 atom stereocenters. The van der Waals surface area contributed by atoms with E-state index in [-0.39, 0.29) is 11.8 Å². The van der Waals surface area contributed by atoms with Gasteiger partial charge in [0.2, 0.25) is 5.13 Å². The number of alkyl halides is 2. The summed E-state index contributed by atoms with van der Waals surface area (Å²) in [5.41, 5.74) is 0. The molecule has 0 amide bonds. The average molecular weight is 128 g/mol. The zero-order valence-corrected chi connectivity index (χ0v) is 4.35. The van der Waals surface area contributed by atoms with E-state index in [2.05, 4.69) is 0 Å². The molecule has 35 valence electrons. The number of hydrogen-bond donors (Lipinski definition) is 0. The Labute approximate surface area is 45.2 Å². The summed E-state index contributed by atoms with van der Waals surface area (Å²) >= 11 is 10.0. The number of rotatable bonds is 0. The minimum atomic E-state index is -1.64. The fraction of sp³-hybridized carbons (Fsp3) is 0.667. The SMILES string of the molecule is FC1(Cl)C[C]1Cl. The summed E-state index contributed by atoms with van der Waals surface area (Å²) in [6.07, 6.45) is 0.218. The molecular formula is C3H2Cl2F. The molecule has 0 bridgehead atoms. The second-order valence-electron chi connectivity index (χ2n) is 1.29. The summed E-state index contributed by atoms with van der Waals surface area (Å²) in [6, 6.07) is 0. The third-order valence-electron chi connectivity index (χ3n) is 0.649. The van der Waals surface area contributed by atoms with Crippen LogP contribution in [0, 0.1) is 5.38 Å². The Balaban J connectivity index is 2.41. The molecule has 0 aromatic carbocycles. The maximum absolute atomic E-state index is 11.8. The monoisotopic (exact) mass is 127 g/mol. The van der Waals surface area contributed by atoms with Crippen molar-refractivity contribution in [3.8, 4) is 0 Å². The van der Waals surface area contributed by atoms with Crippen molar-refractivity contribution >= 4 is 23.2 Å². The Hall–Kier alpha value is 0.510. The molecule has 0 heterocycles. The van der Waals surface area contributed by atoms with Crippen molar-refractivity contribution in [3.63, 3.8) is 0 Å². The Morgan fingerprint density at radius 3 is 2.00 bits per heavy atom. The van der Waals surface area contributed by atoms with E-state index < -0.39 is 5.13 Å². The lowest BCUT2D eigenvalue weighted by atomic mass is 10.9. The van der Waals surface area contributed by atoms with Gasteiger partial charge in [0.05, 0.1) is 0 Å². The van der Waals surface area contributed by atoms with Gasteiger partial charge in [-0.15, -0.1) is 11.6 Å². The van der Waals surface area contributed by atoms with Gasteiger partial charge in [0.15, 0.2) is 0 Å². The third kappa shape index (κ3) is 0.614. The lowest BCUT2D eigenvalue weighted by molar-refractivity contribution is 0.441. The third-order valence-corrected chi connectivity index (χ3v) is 1.54. The smallest absolute Gasteiger partial charge is 0.206 e. The van der Waals surface area contributed by atoms with Crippen LogP contribution in [0.15, 0.2) is 0 Å². The topological polar surface area (TPSA) is 0 Å². The first-order valence-electron chi connectivity index (χ1n) is 1.52. The van der Waals surface area contributed by atoms with Gasteiger partial charge in [0.25, 0.3) is 0 Å². The van der Waals surface area contributed by atoms with Gasteiger partial charge in [-0.05, 0) is 0 Å². The molecule has 3 heteroatoms. The van der Waals surface area contributed by atoms with Crippen LogP contribution in [0.25, 0.3) is 0 Å². The van der Waals surface area contributed by atoms with Gasteiger partial charge in [-0.1, -0.05) is 11.6 Å². The summed E-state index contributed by atoms with van der Waals surface area (Å²) in [6.45, 7) is 0. The highest BCUT2D eigenvalue weighted by Crippen LogP contribution is 2.55. The molecule has 1 rings (SSSR count). The predicted octanol–water partition coefficient (Wildman–Crippen LogP) is 2.07. The summed E-state index contributed by atoms with van der Waals surface area (Å²) in [5, 5.41) is -1.41. The highest BCUT2D eigenvalue weighted by molar-refractivity contribution is 6.41.